The zero-order valence-corrected chi connectivity index (χ0v) is 17.1. The highest BCUT2D eigenvalue weighted by molar-refractivity contribution is 5.62. The SMILES string of the molecule is Cc1cc(-c2cc(C3[C@H]4CC(N5CCOCC5)C[C@@H]34)n(C(C)C)n2)cnc1N. The number of fused-ring (bicyclic) bond motifs is 1. The van der Waals surface area contributed by atoms with Crippen molar-refractivity contribution in [2.45, 2.75) is 51.6 Å². The number of hydrogen-bond acceptors (Lipinski definition) is 5. The molecule has 2 aliphatic carbocycles. The van der Waals surface area contributed by atoms with E-state index < -0.39 is 0 Å². The van der Waals surface area contributed by atoms with Gasteiger partial charge in [0, 0.05) is 48.5 Å². The lowest BCUT2D eigenvalue weighted by molar-refractivity contribution is 0.0151. The molecule has 6 nitrogen and oxygen atoms in total. The van der Waals surface area contributed by atoms with Gasteiger partial charge < -0.3 is 10.5 Å². The average Bonchev–Trinajstić information content (AvgIpc) is 3.06. The molecule has 3 heterocycles. The Morgan fingerprint density at radius 1 is 1.14 bits per heavy atom. The van der Waals surface area contributed by atoms with Gasteiger partial charge in [0.05, 0.1) is 18.9 Å². The van der Waals surface area contributed by atoms with Gasteiger partial charge >= 0.3 is 0 Å². The van der Waals surface area contributed by atoms with Crippen LogP contribution in [-0.2, 0) is 4.74 Å². The molecule has 3 aliphatic rings. The molecule has 2 N–H and O–H groups in total. The number of nitrogen functional groups attached to an aromatic ring is 1. The van der Waals surface area contributed by atoms with Crippen LogP contribution in [0.5, 0.6) is 0 Å². The average molecular weight is 382 g/mol. The second-order valence-corrected chi connectivity index (χ2v) is 9.05. The molecule has 1 aliphatic heterocycles. The number of nitrogens with two attached hydrogens (primary N) is 1. The fraction of sp³-hybridized carbons (Fsp3) is 0.636. The lowest BCUT2D eigenvalue weighted by Crippen LogP contribution is -2.43. The summed E-state index contributed by atoms with van der Waals surface area (Å²) in [6.07, 6.45) is 4.51. The van der Waals surface area contributed by atoms with Crippen LogP contribution in [0.2, 0.25) is 0 Å². The number of nitrogens with zero attached hydrogens (tertiary/aromatic N) is 4. The Kier molecular flexibility index (Phi) is 4.43. The molecular weight excluding hydrogens is 350 g/mol. The highest BCUT2D eigenvalue weighted by atomic mass is 16.5. The van der Waals surface area contributed by atoms with Gasteiger partial charge in [-0.05, 0) is 63.1 Å². The van der Waals surface area contributed by atoms with Crippen LogP contribution in [-0.4, -0.2) is 52.0 Å². The Morgan fingerprint density at radius 2 is 1.86 bits per heavy atom. The van der Waals surface area contributed by atoms with Gasteiger partial charge in [0.1, 0.15) is 5.82 Å². The third kappa shape index (κ3) is 3.03. The Bertz CT molecular complexity index is 858. The lowest BCUT2D eigenvalue weighted by Gasteiger charge is -2.33. The van der Waals surface area contributed by atoms with Gasteiger partial charge in [-0.2, -0.15) is 5.10 Å². The van der Waals surface area contributed by atoms with Gasteiger partial charge in [-0.25, -0.2) is 4.98 Å². The van der Waals surface area contributed by atoms with Gasteiger partial charge in [0.15, 0.2) is 0 Å². The summed E-state index contributed by atoms with van der Waals surface area (Å²) in [6.45, 7) is 10.5. The molecule has 0 radical (unpaired) electrons. The standard InChI is InChI=1S/C22H31N5O/c1-13(2)27-20(11-19(25-27)15-8-14(3)22(23)24-12-15)21-17-9-16(10-18(17)21)26-4-6-28-7-5-26/h8,11-13,16-18,21H,4-7,9-10H2,1-3H3,(H2,23,24)/t16?,17-,18+,21?. The second kappa shape index (κ2) is 6.85. The summed E-state index contributed by atoms with van der Waals surface area (Å²) in [4.78, 5) is 6.98. The fourth-order valence-corrected chi connectivity index (χ4v) is 5.43. The predicted molar refractivity (Wildman–Crippen MR) is 110 cm³/mol. The van der Waals surface area contributed by atoms with E-state index >= 15 is 0 Å². The number of ether oxygens (including phenoxy) is 1. The van der Waals surface area contributed by atoms with Crippen molar-refractivity contribution in [2.75, 3.05) is 32.0 Å². The van der Waals surface area contributed by atoms with Crippen LogP contribution in [0.1, 0.15) is 49.9 Å². The first-order valence-electron chi connectivity index (χ1n) is 10.7. The summed E-state index contributed by atoms with van der Waals surface area (Å²) in [5, 5.41) is 4.96. The van der Waals surface area contributed by atoms with Crippen molar-refractivity contribution in [1.29, 1.82) is 0 Å². The number of aromatic nitrogens is 3. The number of hydrogen-bond donors (Lipinski definition) is 1. The number of anilines is 1. The summed E-state index contributed by atoms with van der Waals surface area (Å²) >= 11 is 0. The summed E-state index contributed by atoms with van der Waals surface area (Å²) in [6, 6.07) is 5.53. The van der Waals surface area contributed by atoms with Crippen molar-refractivity contribution in [2.24, 2.45) is 11.8 Å². The molecular formula is C22H31N5O. The van der Waals surface area contributed by atoms with Crippen LogP contribution in [0.3, 0.4) is 0 Å². The molecule has 1 saturated heterocycles. The highest BCUT2D eigenvalue weighted by Crippen LogP contribution is 2.64. The Labute approximate surface area is 167 Å². The Hall–Kier alpha value is -1.92. The summed E-state index contributed by atoms with van der Waals surface area (Å²) in [5.74, 6) is 2.91. The normalized spacial score (nSPS) is 30.0. The molecule has 2 unspecified atom stereocenters. The summed E-state index contributed by atoms with van der Waals surface area (Å²) < 4.78 is 7.77. The second-order valence-electron chi connectivity index (χ2n) is 9.05. The van der Waals surface area contributed by atoms with E-state index in [4.69, 9.17) is 15.6 Å². The van der Waals surface area contributed by atoms with E-state index in [0.29, 0.717) is 17.8 Å². The molecule has 0 bridgehead atoms. The molecule has 28 heavy (non-hydrogen) atoms. The Morgan fingerprint density at radius 3 is 2.50 bits per heavy atom. The van der Waals surface area contributed by atoms with Crippen LogP contribution in [0.15, 0.2) is 18.3 Å². The zero-order valence-electron chi connectivity index (χ0n) is 17.1. The monoisotopic (exact) mass is 381 g/mol. The quantitative estimate of drug-likeness (QED) is 0.880. The van der Waals surface area contributed by atoms with Crippen LogP contribution < -0.4 is 5.73 Å². The van der Waals surface area contributed by atoms with Crippen LogP contribution >= 0.6 is 0 Å². The van der Waals surface area contributed by atoms with Gasteiger partial charge in [0.25, 0.3) is 0 Å². The maximum atomic E-state index is 5.90. The van der Waals surface area contributed by atoms with Crippen molar-refractivity contribution < 1.29 is 4.74 Å². The first kappa shape index (κ1) is 18.1. The number of aryl methyl sites for hydroxylation is 1. The van der Waals surface area contributed by atoms with Crippen molar-refractivity contribution in [3.05, 3.63) is 29.6 Å². The Balaban J connectivity index is 1.36. The number of pyridine rings is 1. The number of rotatable bonds is 4. The van der Waals surface area contributed by atoms with E-state index in [1.165, 1.54) is 18.5 Å². The largest absolute Gasteiger partial charge is 0.383 e. The summed E-state index contributed by atoms with van der Waals surface area (Å²) in [7, 11) is 0. The molecule has 2 saturated carbocycles. The van der Waals surface area contributed by atoms with Crippen LogP contribution in [0.25, 0.3) is 11.3 Å². The molecule has 2 aromatic heterocycles. The van der Waals surface area contributed by atoms with E-state index in [1.807, 2.05) is 13.1 Å². The molecule has 3 fully saturated rings. The minimum Gasteiger partial charge on any atom is -0.383 e. The van der Waals surface area contributed by atoms with Gasteiger partial charge in [-0.1, -0.05) is 0 Å². The first-order valence-corrected chi connectivity index (χ1v) is 10.7. The topological polar surface area (TPSA) is 69.2 Å². The highest BCUT2D eigenvalue weighted by Gasteiger charge is 2.58. The third-order valence-electron chi connectivity index (χ3n) is 6.99. The maximum absolute atomic E-state index is 5.90. The molecule has 0 aromatic carbocycles. The minimum atomic E-state index is 0.364. The van der Waals surface area contributed by atoms with Crippen molar-refractivity contribution in [3.63, 3.8) is 0 Å². The molecule has 5 rings (SSSR count). The molecule has 0 spiro atoms. The molecule has 2 aromatic rings. The molecule has 0 amide bonds. The van der Waals surface area contributed by atoms with Crippen molar-refractivity contribution in [3.8, 4) is 11.3 Å². The molecule has 6 heteroatoms. The fourth-order valence-electron chi connectivity index (χ4n) is 5.43. The van der Waals surface area contributed by atoms with E-state index in [9.17, 15) is 0 Å². The van der Waals surface area contributed by atoms with E-state index in [1.54, 1.807) is 0 Å². The van der Waals surface area contributed by atoms with E-state index in [2.05, 4.69) is 40.5 Å². The molecule has 4 atom stereocenters. The van der Waals surface area contributed by atoms with Gasteiger partial charge in [-0.15, -0.1) is 0 Å². The van der Waals surface area contributed by atoms with Gasteiger partial charge in [0.2, 0.25) is 0 Å². The summed E-state index contributed by atoms with van der Waals surface area (Å²) in [5.41, 5.74) is 10.4. The smallest absolute Gasteiger partial charge is 0.126 e. The maximum Gasteiger partial charge on any atom is 0.126 e. The third-order valence-corrected chi connectivity index (χ3v) is 6.99. The first-order chi connectivity index (χ1) is 13.5. The van der Waals surface area contributed by atoms with Gasteiger partial charge in [-0.3, -0.25) is 9.58 Å². The predicted octanol–water partition coefficient (Wildman–Crippen LogP) is 3.24. The zero-order chi connectivity index (χ0) is 19.4. The number of morpholine rings is 1. The minimum absolute atomic E-state index is 0.364. The van der Waals surface area contributed by atoms with Crippen LogP contribution in [0.4, 0.5) is 5.82 Å². The van der Waals surface area contributed by atoms with Crippen LogP contribution in [0, 0.1) is 18.8 Å². The van der Waals surface area contributed by atoms with E-state index in [-0.39, 0.29) is 0 Å². The van der Waals surface area contributed by atoms with Crippen molar-refractivity contribution >= 4 is 5.82 Å². The van der Waals surface area contributed by atoms with Crippen molar-refractivity contribution in [1.82, 2.24) is 19.7 Å². The van der Waals surface area contributed by atoms with E-state index in [0.717, 1.165) is 61.0 Å². The lowest BCUT2D eigenvalue weighted by atomic mass is 10.0. The molecule has 150 valence electrons.